The van der Waals surface area contributed by atoms with Crippen LogP contribution in [-0.4, -0.2) is 77.3 Å². The Hall–Kier alpha value is -1.91. The number of carboxylic acids is 1. The smallest absolute Gasteiger partial charge is 0.475 e. The molecule has 0 atom stereocenters. The lowest BCUT2D eigenvalue weighted by molar-refractivity contribution is -0.192. The van der Waals surface area contributed by atoms with Gasteiger partial charge in [0.05, 0.1) is 10.2 Å². The van der Waals surface area contributed by atoms with E-state index < -0.39 is 12.1 Å². The van der Waals surface area contributed by atoms with Crippen LogP contribution >= 0.6 is 11.3 Å². The summed E-state index contributed by atoms with van der Waals surface area (Å²) in [5.74, 6) is -2.76. The van der Waals surface area contributed by atoms with Gasteiger partial charge in [0.2, 0.25) is 0 Å². The zero-order chi connectivity index (χ0) is 22.7. The first-order valence-electron chi connectivity index (χ1n) is 11.2. The number of thiazole rings is 1. The van der Waals surface area contributed by atoms with Crippen molar-refractivity contribution >= 4 is 32.7 Å². The van der Waals surface area contributed by atoms with Crippen molar-refractivity contribution in [3.63, 3.8) is 0 Å². The average Bonchev–Trinajstić information content (AvgIpc) is 3.53. The summed E-state index contributed by atoms with van der Waals surface area (Å²) in [6.45, 7) is 8.31. The second-order valence-corrected chi connectivity index (χ2v) is 9.70. The molecule has 6 nitrogen and oxygen atoms in total. The number of anilines is 1. The Morgan fingerprint density at radius 3 is 2.31 bits per heavy atom. The van der Waals surface area contributed by atoms with Crippen LogP contribution in [0.25, 0.3) is 10.2 Å². The molecule has 3 aliphatic rings. The van der Waals surface area contributed by atoms with Crippen LogP contribution in [0.1, 0.15) is 37.7 Å². The summed E-state index contributed by atoms with van der Waals surface area (Å²) in [6, 6.07) is 7.79. The monoisotopic (exact) mass is 470 g/mol. The van der Waals surface area contributed by atoms with Crippen molar-refractivity contribution in [2.45, 2.75) is 50.9 Å². The van der Waals surface area contributed by atoms with Gasteiger partial charge in [0.25, 0.3) is 0 Å². The van der Waals surface area contributed by atoms with E-state index in [1.165, 1.54) is 79.2 Å². The number of alkyl halides is 3. The average molecular weight is 471 g/mol. The molecule has 0 radical (unpaired) electrons. The minimum atomic E-state index is -5.08. The number of nitrogens with zero attached hydrogens (tertiary/aromatic N) is 4. The standard InChI is InChI=1S/C20H28N4S.C2HF3O2/c1-2-8-22(9-3-1)15-16-4-7-18-19(14-16)25-20(21-18)24-12-10-23(11-13-24)17-5-6-17;3-2(4,5)1(6)7/h4,7,14,17H,1-3,5-6,8-13,15H2;(H,6,7). The fourth-order valence-corrected chi connectivity index (χ4v) is 5.37. The van der Waals surface area contributed by atoms with Crippen molar-refractivity contribution in [2.75, 3.05) is 44.2 Å². The number of likely N-dealkylation sites (tertiary alicyclic amines) is 1. The topological polar surface area (TPSA) is 59.9 Å². The lowest BCUT2D eigenvalue weighted by Gasteiger charge is -2.34. The Bertz CT molecular complexity index is 918. The van der Waals surface area contributed by atoms with Gasteiger partial charge in [-0.25, -0.2) is 9.78 Å². The van der Waals surface area contributed by atoms with Gasteiger partial charge >= 0.3 is 12.1 Å². The number of carbonyl (C=O) groups is 1. The predicted octanol–water partition coefficient (Wildman–Crippen LogP) is 4.20. The van der Waals surface area contributed by atoms with E-state index in [2.05, 4.69) is 32.9 Å². The first-order chi connectivity index (χ1) is 15.3. The third kappa shape index (κ3) is 6.11. The number of aromatic nitrogens is 1. The summed E-state index contributed by atoms with van der Waals surface area (Å²) in [5.41, 5.74) is 2.62. The van der Waals surface area contributed by atoms with Crippen LogP contribution in [0.15, 0.2) is 18.2 Å². The quantitative estimate of drug-likeness (QED) is 0.723. The van der Waals surface area contributed by atoms with Gasteiger partial charge < -0.3 is 10.0 Å². The second kappa shape index (κ2) is 9.93. The fourth-order valence-electron chi connectivity index (χ4n) is 4.28. The zero-order valence-electron chi connectivity index (χ0n) is 18.0. The number of hydrogen-bond donors (Lipinski definition) is 1. The number of halogens is 3. The maximum atomic E-state index is 10.6. The van der Waals surface area contributed by atoms with Gasteiger partial charge in [0, 0.05) is 38.8 Å². The molecule has 2 aromatic rings. The van der Waals surface area contributed by atoms with Gasteiger partial charge in [-0.05, 0) is 56.5 Å². The summed E-state index contributed by atoms with van der Waals surface area (Å²) in [4.78, 5) is 21.6. The molecule has 1 N–H and O–H groups in total. The van der Waals surface area contributed by atoms with E-state index in [9.17, 15) is 13.2 Å². The summed E-state index contributed by atoms with van der Waals surface area (Å²) >= 11 is 1.88. The van der Waals surface area contributed by atoms with Crippen LogP contribution in [0, 0.1) is 0 Å². The number of aliphatic carboxylic acids is 1. The maximum Gasteiger partial charge on any atom is 0.490 e. The lowest BCUT2D eigenvalue weighted by Crippen LogP contribution is -2.47. The highest BCUT2D eigenvalue weighted by Gasteiger charge is 2.38. The highest BCUT2D eigenvalue weighted by molar-refractivity contribution is 7.22. The lowest BCUT2D eigenvalue weighted by atomic mass is 10.1. The number of piperidine rings is 1. The first-order valence-corrected chi connectivity index (χ1v) is 12.0. The number of carboxylic acid groups (broad SMARTS) is 1. The second-order valence-electron chi connectivity index (χ2n) is 8.69. The molecule has 5 rings (SSSR count). The number of fused-ring (bicyclic) bond motifs is 1. The third-order valence-electron chi connectivity index (χ3n) is 6.19. The molecule has 176 valence electrons. The molecule has 32 heavy (non-hydrogen) atoms. The highest BCUT2D eigenvalue weighted by atomic mass is 32.1. The van der Waals surface area contributed by atoms with Crippen molar-refractivity contribution in [3.05, 3.63) is 23.8 Å². The van der Waals surface area contributed by atoms with Gasteiger partial charge in [-0.2, -0.15) is 13.2 Å². The van der Waals surface area contributed by atoms with E-state index >= 15 is 0 Å². The van der Waals surface area contributed by atoms with Gasteiger partial charge in [0.15, 0.2) is 5.13 Å². The molecule has 3 heterocycles. The normalized spacial score (nSPS) is 20.8. The van der Waals surface area contributed by atoms with E-state index in [1.54, 1.807) is 0 Å². The summed E-state index contributed by atoms with van der Waals surface area (Å²) in [6.07, 6.45) is 1.88. The van der Waals surface area contributed by atoms with Gasteiger partial charge in [0.1, 0.15) is 0 Å². The molecule has 1 aromatic carbocycles. The fraction of sp³-hybridized carbons (Fsp3) is 0.636. The van der Waals surface area contributed by atoms with Gasteiger partial charge in [-0.3, -0.25) is 9.80 Å². The van der Waals surface area contributed by atoms with Crippen molar-refractivity contribution in [2.24, 2.45) is 0 Å². The molecule has 1 aliphatic carbocycles. The minimum absolute atomic E-state index is 0.898. The van der Waals surface area contributed by atoms with Gasteiger partial charge in [-0.15, -0.1) is 0 Å². The molecule has 1 saturated carbocycles. The zero-order valence-corrected chi connectivity index (χ0v) is 18.8. The van der Waals surface area contributed by atoms with E-state index in [0.29, 0.717) is 0 Å². The van der Waals surface area contributed by atoms with Crippen LogP contribution in [0.5, 0.6) is 0 Å². The van der Waals surface area contributed by atoms with Crippen molar-refractivity contribution in [1.29, 1.82) is 0 Å². The molecule has 2 aliphatic heterocycles. The molecule has 0 amide bonds. The van der Waals surface area contributed by atoms with E-state index in [0.717, 1.165) is 25.7 Å². The van der Waals surface area contributed by atoms with Crippen LogP contribution in [0.3, 0.4) is 0 Å². The maximum absolute atomic E-state index is 10.6. The predicted molar refractivity (Wildman–Crippen MR) is 119 cm³/mol. The van der Waals surface area contributed by atoms with E-state index in [-0.39, 0.29) is 0 Å². The van der Waals surface area contributed by atoms with Crippen LogP contribution in [0.2, 0.25) is 0 Å². The molecule has 3 fully saturated rings. The molecule has 10 heteroatoms. The molecule has 2 saturated heterocycles. The minimum Gasteiger partial charge on any atom is -0.475 e. The number of hydrogen-bond acceptors (Lipinski definition) is 6. The Morgan fingerprint density at radius 2 is 1.72 bits per heavy atom. The van der Waals surface area contributed by atoms with Crippen LogP contribution in [0.4, 0.5) is 18.3 Å². The Labute approximate surface area is 189 Å². The summed E-state index contributed by atoms with van der Waals surface area (Å²) in [7, 11) is 0. The summed E-state index contributed by atoms with van der Waals surface area (Å²) in [5, 5.41) is 8.35. The largest absolute Gasteiger partial charge is 0.490 e. The van der Waals surface area contributed by atoms with E-state index in [4.69, 9.17) is 14.9 Å². The molecular weight excluding hydrogens is 441 g/mol. The van der Waals surface area contributed by atoms with Gasteiger partial charge in [-0.1, -0.05) is 23.8 Å². The highest BCUT2D eigenvalue weighted by Crippen LogP contribution is 2.32. The van der Waals surface area contributed by atoms with Crippen LogP contribution < -0.4 is 4.90 Å². The molecule has 0 spiro atoms. The first kappa shape index (κ1) is 23.3. The third-order valence-corrected chi connectivity index (χ3v) is 7.27. The number of piperazine rings is 1. The van der Waals surface area contributed by atoms with Crippen molar-refractivity contribution < 1.29 is 23.1 Å². The Kier molecular flexibility index (Phi) is 7.21. The number of rotatable bonds is 4. The molecule has 0 unspecified atom stereocenters. The Morgan fingerprint density at radius 1 is 1.06 bits per heavy atom. The Balaban J connectivity index is 0.000000307. The van der Waals surface area contributed by atoms with Crippen LogP contribution in [-0.2, 0) is 11.3 Å². The summed E-state index contributed by atoms with van der Waals surface area (Å²) < 4.78 is 33.1. The molecule has 0 bridgehead atoms. The van der Waals surface area contributed by atoms with E-state index in [1.807, 2.05) is 11.3 Å². The SMILES string of the molecule is O=C(O)C(F)(F)F.c1cc2nc(N3CCN(C4CC4)CC3)sc2cc1CN1CCCCC1. The van der Waals surface area contributed by atoms with Crippen molar-refractivity contribution in [1.82, 2.24) is 14.8 Å². The number of benzene rings is 1. The molecular formula is C22H29F3N4O2S. The molecule has 1 aromatic heterocycles. The van der Waals surface area contributed by atoms with Crippen molar-refractivity contribution in [3.8, 4) is 0 Å².